The van der Waals surface area contributed by atoms with E-state index >= 15 is 0 Å². The maximum absolute atomic E-state index is 6.14. The van der Waals surface area contributed by atoms with Gasteiger partial charge < -0.3 is 5.73 Å². The van der Waals surface area contributed by atoms with Gasteiger partial charge in [-0.1, -0.05) is 32.6 Å². The molecule has 0 aromatic heterocycles. The Morgan fingerprint density at radius 1 is 1.19 bits per heavy atom. The lowest BCUT2D eigenvalue weighted by Gasteiger charge is -2.40. The molecule has 2 aliphatic rings. The number of aliphatic imine (C=N–C) groups is 1. The summed E-state index contributed by atoms with van der Waals surface area (Å²) < 4.78 is 0. The van der Waals surface area contributed by atoms with E-state index in [1.807, 2.05) is 0 Å². The molecule has 0 aliphatic heterocycles. The van der Waals surface area contributed by atoms with Crippen LogP contribution in [0.5, 0.6) is 0 Å². The van der Waals surface area contributed by atoms with Crippen LogP contribution < -0.4 is 5.73 Å². The third-order valence-electron chi connectivity index (χ3n) is 4.78. The summed E-state index contributed by atoms with van der Waals surface area (Å²) in [6, 6.07) is 0. The van der Waals surface area contributed by atoms with Crippen molar-refractivity contribution in [1.82, 2.24) is 0 Å². The zero-order chi connectivity index (χ0) is 11.4. The van der Waals surface area contributed by atoms with E-state index < -0.39 is 0 Å². The zero-order valence-electron chi connectivity index (χ0n) is 10.7. The lowest BCUT2D eigenvalue weighted by Crippen LogP contribution is -2.34. The maximum Gasteiger partial charge on any atom is 0.0968 e. The molecule has 16 heavy (non-hydrogen) atoms. The molecule has 0 radical (unpaired) electrons. The third kappa shape index (κ3) is 2.58. The van der Waals surface area contributed by atoms with E-state index in [0.29, 0.717) is 11.3 Å². The fraction of sp³-hybridized carbons (Fsp3) is 0.929. The summed E-state index contributed by atoms with van der Waals surface area (Å²) in [5.74, 6) is 1.56. The lowest BCUT2D eigenvalue weighted by molar-refractivity contribution is 0.139. The van der Waals surface area contributed by atoms with Gasteiger partial charge >= 0.3 is 0 Å². The summed E-state index contributed by atoms with van der Waals surface area (Å²) in [6.07, 6.45) is 12.0. The van der Waals surface area contributed by atoms with Gasteiger partial charge in [-0.15, -0.1) is 0 Å². The Balaban J connectivity index is 1.85. The smallest absolute Gasteiger partial charge is 0.0968 e. The van der Waals surface area contributed by atoms with Crippen molar-refractivity contribution in [2.45, 2.75) is 64.7 Å². The molecule has 0 saturated heterocycles. The first kappa shape index (κ1) is 11.9. The van der Waals surface area contributed by atoms with Crippen LogP contribution in [0.1, 0.15) is 64.7 Å². The minimum Gasteiger partial charge on any atom is -0.387 e. The molecule has 0 spiro atoms. The van der Waals surface area contributed by atoms with Crippen molar-refractivity contribution in [3.05, 3.63) is 0 Å². The van der Waals surface area contributed by atoms with Crippen LogP contribution in [0.15, 0.2) is 4.99 Å². The average Bonchev–Trinajstić information content (AvgIpc) is 2.29. The van der Waals surface area contributed by atoms with E-state index in [1.165, 1.54) is 57.8 Å². The molecule has 2 nitrogen and oxygen atoms in total. The van der Waals surface area contributed by atoms with Gasteiger partial charge in [0.25, 0.3) is 0 Å². The molecule has 0 amide bonds. The molecule has 0 bridgehead atoms. The van der Waals surface area contributed by atoms with Gasteiger partial charge in [0.2, 0.25) is 0 Å². The first-order valence-electron chi connectivity index (χ1n) is 7.06. The van der Waals surface area contributed by atoms with Gasteiger partial charge in [-0.25, -0.2) is 0 Å². The van der Waals surface area contributed by atoms with Crippen molar-refractivity contribution >= 4 is 5.84 Å². The van der Waals surface area contributed by atoms with Crippen LogP contribution in [-0.2, 0) is 0 Å². The van der Waals surface area contributed by atoms with Gasteiger partial charge in [-0.3, -0.25) is 4.99 Å². The van der Waals surface area contributed by atoms with Crippen molar-refractivity contribution in [3.8, 4) is 0 Å². The fourth-order valence-electron chi connectivity index (χ4n) is 3.09. The molecule has 2 rings (SSSR count). The highest BCUT2D eigenvalue weighted by Crippen LogP contribution is 2.44. The van der Waals surface area contributed by atoms with Crippen LogP contribution in [-0.4, -0.2) is 12.4 Å². The number of nitrogens with zero attached hydrogens (tertiary/aromatic N) is 1. The summed E-state index contributed by atoms with van der Waals surface area (Å²) >= 11 is 0. The summed E-state index contributed by atoms with van der Waals surface area (Å²) in [7, 11) is 0. The fourth-order valence-corrected chi connectivity index (χ4v) is 3.09. The monoisotopic (exact) mass is 222 g/mol. The van der Waals surface area contributed by atoms with Crippen LogP contribution in [0.4, 0.5) is 0 Å². The molecule has 0 aromatic rings. The number of hydrogen-bond donors (Lipinski definition) is 1. The molecule has 92 valence electrons. The first-order valence-corrected chi connectivity index (χ1v) is 7.06. The quantitative estimate of drug-likeness (QED) is 0.574. The summed E-state index contributed by atoms with van der Waals surface area (Å²) in [4.78, 5) is 4.71. The molecule has 2 aliphatic carbocycles. The predicted molar refractivity (Wildman–Crippen MR) is 69.6 cm³/mol. The van der Waals surface area contributed by atoms with Gasteiger partial charge in [-0.2, -0.15) is 0 Å². The van der Waals surface area contributed by atoms with Crippen LogP contribution in [0.2, 0.25) is 0 Å². The maximum atomic E-state index is 6.14. The SMILES string of the molecule is CCC1(CN=C(N)C2CCCCC2)CCC1. The van der Waals surface area contributed by atoms with Gasteiger partial charge in [0, 0.05) is 12.5 Å². The van der Waals surface area contributed by atoms with Crippen molar-refractivity contribution < 1.29 is 0 Å². The van der Waals surface area contributed by atoms with Crippen LogP contribution in [0, 0.1) is 11.3 Å². The molecule has 0 aromatic carbocycles. The molecule has 0 heterocycles. The number of nitrogens with two attached hydrogens (primary N) is 1. The van der Waals surface area contributed by atoms with Crippen LogP contribution >= 0.6 is 0 Å². The standard InChI is InChI=1S/C14H26N2/c1-2-14(9-6-10-14)11-16-13(15)12-7-4-3-5-8-12/h12H,2-11H2,1H3,(H2,15,16). The Kier molecular flexibility index (Phi) is 3.88. The number of hydrogen-bond acceptors (Lipinski definition) is 1. The average molecular weight is 222 g/mol. The molecule has 0 atom stereocenters. The van der Waals surface area contributed by atoms with Crippen molar-refractivity contribution in [2.75, 3.05) is 6.54 Å². The molecule has 2 N–H and O–H groups in total. The highest BCUT2D eigenvalue weighted by Gasteiger charge is 2.34. The van der Waals surface area contributed by atoms with E-state index in [2.05, 4.69) is 6.92 Å². The lowest BCUT2D eigenvalue weighted by atomic mass is 9.67. The number of rotatable bonds is 4. The Hall–Kier alpha value is -0.530. The van der Waals surface area contributed by atoms with Crippen LogP contribution in [0.3, 0.4) is 0 Å². The molecular formula is C14H26N2. The highest BCUT2D eigenvalue weighted by atomic mass is 14.9. The second-order valence-electron chi connectivity index (χ2n) is 5.78. The second-order valence-corrected chi connectivity index (χ2v) is 5.78. The van der Waals surface area contributed by atoms with Gasteiger partial charge in [-0.05, 0) is 37.5 Å². The molecule has 2 heteroatoms. The second kappa shape index (κ2) is 5.20. The largest absolute Gasteiger partial charge is 0.387 e. The van der Waals surface area contributed by atoms with E-state index in [0.717, 1.165) is 12.4 Å². The Morgan fingerprint density at radius 2 is 1.88 bits per heavy atom. The Bertz CT molecular complexity index is 242. The minimum atomic E-state index is 0.527. The Morgan fingerprint density at radius 3 is 2.38 bits per heavy atom. The first-order chi connectivity index (χ1) is 7.76. The molecule has 0 unspecified atom stereocenters. The minimum absolute atomic E-state index is 0.527. The van der Waals surface area contributed by atoms with E-state index in [-0.39, 0.29) is 0 Å². The highest BCUT2D eigenvalue weighted by molar-refractivity contribution is 5.82. The van der Waals surface area contributed by atoms with Crippen molar-refractivity contribution in [1.29, 1.82) is 0 Å². The van der Waals surface area contributed by atoms with Crippen molar-refractivity contribution in [2.24, 2.45) is 22.1 Å². The molecule has 2 fully saturated rings. The van der Waals surface area contributed by atoms with E-state index in [1.54, 1.807) is 0 Å². The van der Waals surface area contributed by atoms with Gasteiger partial charge in [0.05, 0.1) is 5.84 Å². The number of amidine groups is 1. The van der Waals surface area contributed by atoms with Gasteiger partial charge in [0.15, 0.2) is 0 Å². The summed E-state index contributed by atoms with van der Waals surface area (Å²) in [6.45, 7) is 3.29. The van der Waals surface area contributed by atoms with E-state index in [4.69, 9.17) is 10.7 Å². The van der Waals surface area contributed by atoms with Crippen LogP contribution in [0.25, 0.3) is 0 Å². The molecular weight excluding hydrogens is 196 g/mol. The van der Waals surface area contributed by atoms with Crippen molar-refractivity contribution in [3.63, 3.8) is 0 Å². The summed E-state index contributed by atoms with van der Waals surface area (Å²) in [5.41, 5.74) is 6.67. The molecule has 2 saturated carbocycles. The normalized spacial score (nSPS) is 26.4. The zero-order valence-corrected chi connectivity index (χ0v) is 10.7. The summed E-state index contributed by atoms with van der Waals surface area (Å²) in [5, 5.41) is 0. The topological polar surface area (TPSA) is 38.4 Å². The third-order valence-corrected chi connectivity index (χ3v) is 4.78. The van der Waals surface area contributed by atoms with Gasteiger partial charge in [0.1, 0.15) is 0 Å². The Labute approximate surface area is 99.7 Å². The van der Waals surface area contributed by atoms with E-state index in [9.17, 15) is 0 Å². The predicted octanol–water partition coefficient (Wildman–Crippen LogP) is 3.50.